The number of para-hydroxylation sites is 4. The summed E-state index contributed by atoms with van der Waals surface area (Å²) in [7, 11) is -0.411. The molecule has 434 valence electrons. The van der Waals surface area contributed by atoms with Gasteiger partial charge in [0.15, 0.2) is 0 Å². The van der Waals surface area contributed by atoms with E-state index in [-0.39, 0.29) is 22.0 Å². The molecule has 2 aliphatic carbocycles. The molecule has 0 radical (unpaired) electrons. The van der Waals surface area contributed by atoms with Gasteiger partial charge >= 0.3 is 7.12 Å². The Hall–Kier alpha value is -9.44. The van der Waals surface area contributed by atoms with Crippen molar-refractivity contribution in [2.24, 2.45) is 0 Å². The van der Waals surface area contributed by atoms with Gasteiger partial charge in [-0.05, 0) is 200 Å². The SMILES string of the molecule is CC1(C)OB(c2ccc3c4cc5ccccc5cc4c4nc5ccccc5n4c3c2)OC1(C)C.CC1(C)c2ccccc2-c2ccc(-c3ccc4c5cc6ccccc6cc5c5nc6ccccc6n5c4c3)cc21.CC1(C)c2ccccc2-c2ccc(Br)cc21. The summed E-state index contributed by atoms with van der Waals surface area (Å²) in [5.74, 6) is 0. The maximum atomic E-state index is 6.38. The maximum absolute atomic E-state index is 6.38. The van der Waals surface area contributed by atoms with Gasteiger partial charge in [-0.25, -0.2) is 9.97 Å². The molecule has 1 saturated heterocycles. The van der Waals surface area contributed by atoms with E-state index in [1.54, 1.807) is 0 Å². The van der Waals surface area contributed by atoms with Crippen molar-refractivity contribution < 1.29 is 9.31 Å². The molecule has 0 N–H and O–H groups in total. The number of nitrogens with zero attached hydrogens (tertiary/aromatic N) is 4. The summed E-state index contributed by atoms with van der Waals surface area (Å²) in [5.41, 5.74) is 22.5. The Kier molecular flexibility index (Phi) is 12.0. The molecule has 0 amide bonds. The largest absolute Gasteiger partial charge is 0.494 e. The second kappa shape index (κ2) is 19.8. The zero-order chi connectivity index (χ0) is 61.2. The van der Waals surface area contributed by atoms with Crippen LogP contribution in [0.4, 0.5) is 0 Å². The molecule has 0 bridgehead atoms. The summed E-state index contributed by atoms with van der Waals surface area (Å²) in [6.07, 6.45) is 0. The molecule has 5 heterocycles. The number of aromatic nitrogens is 4. The van der Waals surface area contributed by atoms with Crippen LogP contribution in [-0.4, -0.2) is 37.1 Å². The lowest BCUT2D eigenvalue weighted by atomic mass is 9.78. The van der Waals surface area contributed by atoms with E-state index in [9.17, 15) is 0 Å². The summed E-state index contributed by atoms with van der Waals surface area (Å²) in [4.78, 5) is 10.2. The van der Waals surface area contributed by atoms with E-state index < -0.39 is 7.12 Å². The van der Waals surface area contributed by atoms with Crippen LogP contribution in [0.15, 0.2) is 247 Å². The quantitative estimate of drug-likeness (QED) is 0.0983. The van der Waals surface area contributed by atoms with Crippen LogP contribution in [0.1, 0.15) is 77.6 Å². The van der Waals surface area contributed by atoms with Gasteiger partial charge in [-0.2, -0.15) is 0 Å². The summed E-state index contributed by atoms with van der Waals surface area (Å²) in [5, 5.41) is 12.2. The third-order valence-corrected chi connectivity index (χ3v) is 20.9. The van der Waals surface area contributed by atoms with Crippen LogP contribution >= 0.6 is 15.9 Å². The van der Waals surface area contributed by atoms with Crippen LogP contribution in [0.25, 0.3) is 132 Å². The Morgan fingerprint density at radius 2 is 0.733 bits per heavy atom. The average molecular weight is 1230 g/mol. The van der Waals surface area contributed by atoms with Gasteiger partial charge in [-0.15, -0.1) is 0 Å². The van der Waals surface area contributed by atoms with E-state index in [1.807, 2.05) is 6.07 Å². The number of fused-ring (bicyclic) bond motifs is 24. The predicted octanol–water partition coefficient (Wildman–Crippen LogP) is 20.9. The Labute approximate surface area is 531 Å². The maximum Gasteiger partial charge on any atom is 0.494 e. The van der Waals surface area contributed by atoms with Gasteiger partial charge in [0.25, 0.3) is 0 Å². The highest BCUT2D eigenvalue weighted by molar-refractivity contribution is 9.10. The number of hydrogen-bond donors (Lipinski definition) is 0. The van der Waals surface area contributed by atoms with E-state index in [1.165, 1.54) is 110 Å². The molecule has 1 aliphatic heterocycles. The Bertz CT molecular complexity index is 5720. The first-order valence-corrected chi connectivity index (χ1v) is 32.1. The fourth-order valence-corrected chi connectivity index (χ4v) is 15.3. The van der Waals surface area contributed by atoms with Crippen molar-refractivity contribution in [3.8, 4) is 33.4 Å². The second-order valence-electron chi connectivity index (χ2n) is 26.9. The van der Waals surface area contributed by atoms with Crippen molar-refractivity contribution in [1.29, 1.82) is 0 Å². The Morgan fingerprint density at radius 1 is 0.333 bits per heavy atom. The topological polar surface area (TPSA) is 53.1 Å². The molecular weight excluding hydrogens is 1160 g/mol. The number of imidazole rings is 2. The highest BCUT2D eigenvalue weighted by Crippen LogP contribution is 2.51. The highest BCUT2D eigenvalue weighted by Gasteiger charge is 2.52. The molecule has 8 heteroatoms. The van der Waals surface area contributed by atoms with Gasteiger partial charge in [0.2, 0.25) is 0 Å². The lowest BCUT2D eigenvalue weighted by Crippen LogP contribution is -2.41. The molecule has 0 atom stereocenters. The molecule has 0 spiro atoms. The van der Waals surface area contributed by atoms with Crippen LogP contribution in [-0.2, 0) is 20.1 Å². The molecule has 16 aromatic rings. The summed E-state index contributed by atoms with van der Waals surface area (Å²) in [6, 6.07) is 87.8. The summed E-state index contributed by atoms with van der Waals surface area (Å²) >= 11 is 3.56. The van der Waals surface area contributed by atoms with Crippen molar-refractivity contribution in [3.05, 3.63) is 269 Å². The second-order valence-corrected chi connectivity index (χ2v) is 27.8. The number of benzene rings is 12. The Balaban J connectivity index is 0.000000113. The van der Waals surface area contributed by atoms with Gasteiger partial charge in [0.05, 0.1) is 44.3 Å². The fraction of sp³-hybridized carbons (Fsp3) is 0.146. The monoisotopic (exact) mass is 1230 g/mol. The molecule has 12 aromatic carbocycles. The lowest BCUT2D eigenvalue weighted by molar-refractivity contribution is 0.00578. The fourth-order valence-electron chi connectivity index (χ4n) is 15.0. The molecule has 3 aliphatic rings. The van der Waals surface area contributed by atoms with Gasteiger partial charge in [0.1, 0.15) is 11.3 Å². The van der Waals surface area contributed by atoms with Crippen molar-refractivity contribution >= 4 is 127 Å². The molecule has 0 unspecified atom stereocenters. The molecule has 6 nitrogen and oxygen atoms in total. The van der Waals surface area contributed by atoms with Crippen molar-refractivity contribution in [2.75, 3.05) is 0 Å². The van der Waals surface area contributed by atoms with Gasteiger partial charge in [-0.1, -0.05) is 207 Å². The minimum atomic E-state index is -0.411. The lowest BCUT2D eigenvalue weighted by Gasteiger charge is -2.32. The van der Waals surface area contributed by atoms with E-state index in [0.717, 1.165) is 54.2 Å². The zero-order valence-corrected chi connectivity index (χ0v) is 53.2. The first kappa shape index (κ1) is 54.7. The van der Waals surface area contributed by atoms with E-state index in [4.69, 9.17) is 19.3 Å². The zero-order valence-electron chi connectivity index (χ0n) is 51.7. The van der Waals surface area contributed by atoms with Crippen LogP contribution in [0, 0.1) is 0 Å². The minimum absolute atomic E-state index is 0.0239. The summed E-state index contributed by atoms with van der Waals surface area (Å²) in [6.45, 7) is 17.7. The molecule has 90 heavy (non-hydrogen) atoms. The third-order valence-electron chi connectivity index (χ3n) is 20.4. The van der Waals surface area contributed by atoms with Gasteiger partial charge in [-0.3, -0.25) is 8.80 Å². The number of pyridine rings is 2. The highest BCUT2D eigenvalue weighted by atomic mass is 79.9. The van der Waals surface area contributed by atoms with Crippen molar-refractivity contribution in [1.82, 2.24) is 18.8 Å². The van der Waals surface area contributed by atoms with Crippen LogP contribution < -0.4 is 5.46 Å². The van der Waals surface area contributed by atoms with Crippen LogP contribution in [0.5, 0.6) is 0 Å². The molecule has 1 fully saturated rings. The van der Waals surface area contributed by atoms with Gasteiger partial charge in [0, 0.05) is 36.8 Å². The van der Waals surface area contributed by atoms with Crippen LogP contribution in [0.2, 0.25) is 0 Å². The molecule has 0 saturated carbocycles. The standard InChI is InChI=1S/C38H26N2.C29H25BN2O2.C15H13Br/c1-38(2)32-12-6-5-11-27(32)28-17-15-25(21-33(28)38)26-16-18-29-30-19-23-9-3-4-10-24(23)20-31(30)37-39-34-13-7-8-14-35(34)40(37)36(29)22-26;1-28(2)29(3,4)34-30(33-28)20-13-14-21-22-15-18-9-5-6-10-19(18)16-23(22)27-31-24-11-7-8-12-25(24)32(27)26(21)17-20;1-15(2)13-6-4-3-5-11(13)12-8-7-10(16)9-14(12)15/h3-22H,1-2H3;5-17H,1-4H3;3-9H,1-2H3. The molecule has 4 aromatic heterocycles. The van der Waals surface area contributed by atoms with E-state index >= 15 is 0 Å². The first-order valence-electron chi connectivity index (χ1n) is 31.3. The average Bonchev–Trinajstić information content (AvgIpc) is 1.44. The van der Waals surface area contributed by atoms with Crippen LogP contribution in [0.3, 0.4) is 0 Å². The number of halogens is 1. The normalized spacial score (nSPS) is 15.6. The molecule has 19 rings (SSSR count). The third kappa shape index (κ3) is 8.24. The first-order chi connectivity index (χ1) is 43.5. The summed E-state index contributed by atoms with van der Waals surface area (Å²) < 4.78 is 18.6. The number of rotatable bonds is 2. The Morgan fingerprint density at radius 3 is 1.27 bits per heavy atom. The molecular formula is C82H64BBrN4O2. The van der Waals surface area contributed by atoms with Crippen molar-refractivity contribution in [3.63, 3.8) is 0 Å². The van der Waals surface area contributed by atoms with Crippen molar-refractivity contribution in [2.45, 2.75) is 77.4 Å². The van der Waals surface area contributed by atoms with Gasteiger partial charge < -0.3 is 9.31 Å². The predicted molar refractivity (Wildman–Crippen MR) is 381 cm³/mol. The smallest absolute Gasteiger partial charge is 0.399 e. The van der Waals surface area contributed by atoms with E-state index in [2.05, 4.69) is 317 Å². The van der Waals surface area contributed by atoms with E-state index in [0.29, 0.717) is 0 Å². The minimum Gasteiger partial charge on any atom is -0.399 e. The number of hydrogen-bond acceptors (Lipinski definition) is 4.